The Bertz CT molecular complexity index is 652. The average Bonchev–Trinajstić information content (AvgIpc) is 2.77. The fourth-order valence-electron chi connectivity index (χ4n) is 1.65. The van der Waals surface area contributed by atoms with Gasteiger partial charge in [0, 0.05) is 5.56 Å². The number of hydrogen-bond acceptors (Lipinski definition) is 5. The quantitative estimate of drug-likeness (QED) is 0.661. The van der Waals surface area contributed by atoms with Gasteiger partial charge in [0.05, 0.1) is 11.4 Å². The first-order valence-corrected chi connectivity index (χ1v) is 5.82. The number of aromatic amines is 1. The summed E-state index contributed by atoms with van der Waals surface area (Å²) >= 11 is 0. The third-order valence-corrected chi connectivity index (χ3v) is 2.54. The van der Waals surface area contributed by atoms with E-state index in [0.717, 1.165) is 16.8 Å². The average molecular weight is 261 g/mol. The molecule has 2 rings (SSSR count). The van der Waals surface area contributed by atoms with E-state index in [1.54, 1.807) is 6.07 Å². The molecule has 0 bridgehead atoms. The van der Waals surface area contributed by atoms with Crippen molar-refractivity contribution in [2.45, 2.75) is 27.4 Å². The lowest BCUT2D eigenvalue weighted by Gasteiger charge is -2.10. The fraction of sp³-hybridized carbons (Fsp3) is 0.333. The van der Waals surface area contributed by atoms with Crippen molar-refractivity contribution in [3.05, 3.63) is 39.8 Å². The van der Waals surface area contributed by atoms with Crippen molar-refractivity contribution < 1.29 is 4.84 Å². The van der Waals surface area contributed by atoms with Gasteiger partial charge in [-0.25, -0.2) is 9.89 Å². The van der Waals surface area contributed by atoms with E-state index in [9.17, 15) is 4.79 Å². The summed E-state index contributed by atoms with van der Waals surface area (Å²) in [6.07, 6.45) is 0. The van der Waals surface area contributed by atoms with Crippen LogP contribution in [0.1, 0.15) is 25.0 Å². The zero-order valence-electron chi connectivity index (χ0n) is 11.0. The van der Waals surface area contributed by atoms with Crippen LogP contribution in [0.2, 0.25) is 0 Å². The SMILES string of the molecule is CC(C)=NOCc1c(C)cccc1-n1nn[nH]c1=O. The maximum absolute atomic E-state index is 11.6. The molecule has 0 saturated heterocycles. The zero-order chi connectivity index (χ0) is 13.8. The lowest BCUT2D eigenvalue weighted by Crippen LogP contribution is -2.18. The number of rotatable bonds is 4. The smallest absolute Gasteiger partial charge is 0.365 e. The molecule has 0 radical (unpaired) electrons. The van der Waals surface area contributed by atoms with Crippen LogP contribution in [0.15, 0.2) is 28.1 Å². The number of aryl methyl sites for hydroxylation is 1. The first-order chi connectivity index (χ1) is 9.09. The third-order valence-electron chi connectivity index (χ3n) is 2.54. The molecule has 1 N–H and O–H groups in total. The maximum atomic E-state index is 11.6. The maximum Gasteiger partial charge on any atom is 0.365 e. The van der Waals surface area contributed by atoms with Crippen molar-refractivity contribution in [1.82, 2.24) is 20.2 Å². The largest absolute Gasteiger partial charge is 0.391 e. The first-order valence-electron chi connectivity index (χ1n) is 5.82. The Labute approximate surface area is 109 Å². The first kappa shape index (κ1) is 13.0. The summed E-state index contributed by atoms with van der Waals surface area (Å²) in [6, 6.07) is 5.58. The molecule has 7 nitrogen and oxygen atoms in total. The van der Waals surface area contributed by atoms with E-state index in [1.165, 1.54) is 4.68 Å². The van der Waals surface area contributed by atoms with Crippen LogP contribution in [0.4, 0.5) is 0 Å². The monoisotopic (exact) mass is 261 g/mol. The molecule has 0 amide bonds. The Morgan fingerprint density at radius 2 is 2.26 bits per heavy atom. The summed E-state index contributed by atoms with van der Waals surface area (Å²) in [5, 5.41) is 13.4. The van der Waals surface area contributed by atoms with Gasteiger partial charge in [0.2, 0.25) is 0 Å². The Balaban J connectivity index is 2.39. The number of nitrogens with one attached hydrogen (secondary N) is 1. The minimum Gasteiger partial charge on any atom is -0.391 e. The van der Waals surface area contributed by atoms with Gasteiger partial charge in [-0.05, 0) is 42.8 Å². The normalized spacial score (nSPS) is 10.3. The van der Waals surface area contributed by atoms with E-state index in [4.69, 9.17) is 4.84 Å². The van der Waals surface area contributed by atoms with Gasteiger partial charge < -0.3 is 4.84 Å². The molecule has 2 aromatic rings. The zero-order valence-corrected chi connectivity index (χ0v) is 11.0. The number of benzene rings is 1. The number of H-pyrrole nitrogens is 1. The molecule has 1 aromatic heterocycles. The molecule has 0 unspecified atom stereocenters. The number of hydrogen-bond donors (Lipinski definition) is 1. The Morgan fingerprint density at radius 1 is 1.47 bits per heavy atom. The van der Waals surface area contributed by atoms with Gasteiger partial charge in [-0.1, -0.05) is 17.3 Å². The molecule has 0 atom stereocenters. The van der Waals surface area contributed by atoms with Gasteiger partial charge in [0.15, 0.2) is 0 Å². The van der Waals surface area contributed by atoms with Gasteiger partial charge in [0.25, 0.3) is 0 Å². The highest BCUT2D eigenvalue weighted by Crippen LogP contribution is 2.17. The van der Waals surface area contributed by atoms with Crippen molar-refractivity contribution in [2.75, 3.05) is 0 Å². The standard InChI is InChI=1S/C12H15N5O2/c1-8(2)14-19-7-10-9(3)5-4-6-11(10)17-12(18)13-15-16-17/h4-6H,7H2,1-3H3,(H,13,16,18). The number of nitrogens with zero attached hydrogens (tertiary/aromatic N) is 4. The van der Waals surface area contributed by atoms with Crippen LogP contribution in [0.5, 0.6) is 0 Å². The fourth-order valence-corrected chi connectivity index (χ4v) is 1.65. The predicted molar refractivity (Wildman–Crippen MR) is 70.3 cm³/mol. The molecule has 0 spiro atoms. The molecule has 1 heterocycles. The molecule has 19 heavy (non-hydrogen) atoms. The summed E-state index contributed by atoms with van der Waals surface area (Å²) in [7, 11) is 0. The van der Waals surface area contributed by atoms with Gasteiger partial charge in [-0.3, -0.25) is 0 Å². The van der Waals surface area contributed by atoms with E-state index in [2.05, 4.69) is 20.7 Å². The molecule has 1 aromatic carbocycles. The molecule has 0 aliphatic rings. The highest BCUT2D eigenvalue weighted by Gasteiger charge is 2.11. The Kier molecular flexibility index (Phi) is 3.74. The summed E-state index contributed by atoms with van der Waals surface area (Å²) in [4.78, 5) is 16.8. The van der Waals surface area contributed by atoms with E-state index in [0.29, 0.717) is 5.69 Å². The molecule has 0 aliphatic carbocycles. The van der Waals surface area contributed by atoms with Crippen molar-refractivity contribution in [2.24, 2.45) is 5.16 Å². The molecular formula is C12H15N5O2. The number of aromatic nitrogens is 4. The summed E-state index contributed by atoms with van der Waals surface area (Å²) < 4.78 is 1.20. The summed E-state index contributed by atoms with van der Waals surface area (Å²) in [5.74, 6) is 0. The second-order valence-corrected chi connectivity index (χ2v) is 4.30. The number of oxime groups is 1. The van der Waals surface area contributed by atoms with E-state index in [1.807, 2.05) is 32.9 Å². The molecule has 100 valence electrons. The Hall–Kier alpha value is -2.44. The van der Waals surface area contributed by atoms with Crippen molar-refractivity contribution in [1.29, 1.82) is 0 Å². The van der Waals surface area contributed by atoms with Crippen LogP contribution < -0.4 is 5.69 Å². The molecule has 7 heteroatoms. The second-order valence-electron chi connectivity index (χ2n) is 4.30. The van der Waals surface area contributed by atoms with Gasteiger partial charge in [0.1, 0.15) is 6.61 Å². The summed E-state index contributed by atoms with van der Waals surface area (Å²) in [5.41, 5.74) is 2.93. The van der Waals surface area contributed by atoms with E-state index < -0.39 is 0 Å². The van der Waals surface area contributed by atoms with Gasteiger partial charge in [-0.15, -0.1) is 0 Å². The van der Waals surface area contributed by atoms with Crippen LogP contribution >= 0.6 is 0 Å². The van der Waals surface area contributed by atoms with Crippen molar-refractivity contribution in [3.63, 3.8) is 0 Å². The number of tetrazole rings is 1. The summed E-state index contributed by atoms with van der Waals surface area (Å²) in [6.45, 7) is 5.91. The van der Waals surface area contributed by atoms with Gasteiger partial charge in [-0.2, -0.15) is 4.68 Å². The lowest BCUT2D eigenvalue weighted by atomic mass is 10.1. The van der Waals surface area contributed by atoms with Crippen LogP contribution in [0, 0.1) is 6.92 Å². The van der Waals surface area contributed by atoms with Crippen LogP contribution in [0.25, 0.3) is 5.69 Å². The van der Waals surface area contributed by atoms with Crippen LogP contribution in [-0.4, -0.2) is 25.9 Å². The second kappa shape index (κ2) is 5.47. The van der Waals surface area contributed by atoms with Gasteiger partial charge >= 0.3 is 5.69 Å². The lowest BCUT2D eigenvalue weighted by molar-refractivity contribution is 0.129. The predicted octanol–water partition coefficient (Wildman–Crippen LogP) is 1.18. The van der Waals surface area contributed by atoms with Crippen molar-refractivity contribution in [3.8, 4) is 5.69 Å². The topological polar surface area (TPSA) is 85.2 Å². The van der Waals surface area contributed by atoms with Crippen LogP contribution in [0.3, 0.4) is 0 Å². The molecule has 0 saturated carbocycles. The molecule has 0 aliphatic heterocycles. The Morgan fingerprint density at radius 3 is 2.89 bits per heavy atom. The molecular weight excluding hydrogens is 246 g/mol. The minimum absolute atomic E-state index is 0.270. The highest BCUT2D eigenvalue weighted by molar-refractivity contribution is 5.78. The molecule has 0 fully saturated rings. The van der Waals surface area contributed by atoms with E-state index >= 15 is 0 Å². The highest BCUT2D eigenvalue weighted by atomic mass is 16.6. The van der Waals surface area contributed by atoms with Crippen LogP contribution in [-0.2, 0) is 11.4 Å². The minimum atomic E-state index is -0.387. The van der Waals surface area contributed by atoms with Crippen molar-refractivity contribution >= 4 is 5.71 Å². The third kappa shape index (κ3) is 2.87. The van der Waals surface area contributed by atoms with E-state index in [-0.39, 0.29) is 12.3 Å².